The van der Waals surface area contributed by atoms with Crippen molar-refractivity contribution in [2.45, 2.75) is 26.8 Å². The Morgan fingerprint density at radius 1 is 1.13 bits per heavy atom. The van der Waals surface area contributed by atoms with Crippen LogP contribution >= 0.6 is 0 Å². The second-order valence-corrected chi connectivity index (χ2v) is 5.43. The van der Waals surface area contributed by atoms with E-state index in [-0.39, 0.29) is 23.8 Å². The minimum atomic E-state index is -0.146. The molecule has 0 unspecified atom stereocenters. The molecule has 0 spiro atoms. The summed E-state index contributed by atoms with van der Waals surface area (Å²) in [4.78, 5) is 34.9. The molecule has 0 saturated carbocycles. The molecule has 1 aromatic carbocycles. The lowest BCUT2D eigenvalue weighted by Crippen LogP contribution is -2.34. The highest BCUT2D eigenvalue weighted by molar-refractivity contribution is 5.80. The molecule has 1 aromatic heterocycles. The molecule has 2 amide bonds. The molecule has 1 heterocycles. The summed E-state index contributed by atoms with van der Waals surface area (Å²) in [6, 6.07) is 9.49. The van der Waals surface area contributed by atoms with E-state index >= 15 is 0 Å². The first-order valence-electron chi connectivity index (χ1n) is 7.59. The van der Waals surface area contributed by atoms with Gasteiger partial charge in [0.2, 0.25) is 11.8 Å². The van der Waals surface area contributed by atoms with Crippen LogP contribution in [-0.2, 0) is 16.1 Å². The number of amides is 2. The number of benzene rings is 1. The van der Waals surface area contributed by atoms with Crippen LogP contribution in [0.1, 0.15) is 18.9 Å². The second-order valence-electron chi connectivity index (χ2n) is 5.43. The first-order valence-corrected chi connectivity index (χ1v) is 7.59. The summed E-state index contributed by atoms with van der Waals surface area (Å²) in [5.41, 5.74) is 1.42. The van der Waals surface area contributed by atoms with Crippen molar-refractivity contribution in [2.75, 3.05) is 13.1 Å². The first kappa shape index (κ1) is 16.7. The summed E-state index contributed by atoms with van der Waals surface area (Å²) >= 11 is 0. The van der Waals surface area contributed by atoms with Crippen molar-refractivity contribution in [2.24, 2.45) is 0 Å². The van der Waals surface area contributed by atoms with Crippen molar-refractivity contribution in [3.05, 3.63) is 46.2 Å². The minimum absolute atomic E-state index is 0.0743. The van der Waals surface area contributed by atoms with Crippen LogP contribution in [0.25, 0.3) is 10.9 Å². The van der Waals surface area contributed by atoms with E-state index in [4.69, 9.17) is 0 Å². The van der Waals surface area contributed by atoms with Gasteiger partial charge in [-0.25, -0.2) is 0 Å². The standard InChI is InChI=1S/C17H21N3O3/c1-12-11-14-5-3-4-6-15(14)20(17(12)23)10-7-16(22)19-9-8-18-13(2)21/h3-6,11H,7-10H2,1-2H3,(H,18,21)(H,19,22). The Morgan fingerprint density at radius 2 is 1.83 bits per heavy atom. The van der Waals surface area contributed by atoms with E-state index in [0.717, 1.165) is 10.9 Å². The Labute approximate surface area is 134 Å². The maximum absolute atomic E-state index is 12.3. The molecular weight excluding hydrogens is 294 g/mol. The van der Waals surface area contributed by atoms with Gasteiger partial charge in [0, 0.05) is 38.5 Å². The zero-order chi connectivity index (χ0) is 16.8. The maximum Gasteiger partial charge on any atom is 0.253 e. The van der Waals surface area contributed by atoms with Crippen molar-refractivity contribution in [1.82, 2.24) is 15.2 Å². The second kappa shape index (κ2) is 7.58. The molecule has 0 saturated heterocycles. The Hall–Kier alpha value is -2.63. The summed E-state index contributed by atoms with van der Waals surface area (Å²) in [6.45, 7) is 4.30. The zero-order valence-corrected chi connectivity index (χ0v) is 13.4. The summed E-state index contributed by atoms with van der Waals surface area (Å²) < 4.78 is 1.64. The fraction of sp³-hybridized carbons (Fsp3) is 0.353. The highest BCUT2D eigenvalue weighted by Crippen LogP contribution is 2.13. The fourth-order valence-electron chi connectivity index (χ4n) is 2.44. The van der Waals surface area contributed by atoms with Crippen LogP contribution in [0.5, 0.6) is 0 Å². The number of carbonyl (C=O) groups is 2. The van der Waals surface area contributed by atoms with Gasteiger partial charge in [-0.05, 0) is 24.4 Å². The van der Waals surface area contributed by atoms with Crippen molar-refractivity contribution in [3.63, 3.8) is 0 Å². The summed E-state index contributed by atoms with van der Waals surface area (Å²) in [5, 5.41) is 6.31. The molecule has 0 atom stereocenters. The highest BCUT2D eigenvalue weighted by atomic mass is 16.2. The van der Waals surface area contributed by atoms with Gasteiger partial charge in [0.15, 0.2) is 0 Å². The lowest BCUT2D eigenvalue weighted by molar-refractivity contribution is -0.122. The average Bonchev–Trinajstić information content (AvgIpc) is 2.52. The largest absolute Gasteiger partial charge is 0.355 e. The number of carbonyl (C=O) groups excluding carboxylic acids is 2. The average molecular weight is 315 g/mol. The number of pyridine rings is 1. The van der Waals surface area contributed by atoms with Gasteiger partial charge in [-0.15, -0.1) is 0 Å². The Balaban J connectivity index is 2.02. The van der Waals surface area contributed by atoms with Crippen LogP contribution in [-0.4, -0.2) is 29.5 Å². The molecule has 23 heavy (non-hydrogen) atoms. The number of hydrogen-bond donors (Lipinski definition) is 2. The van der Waals surface area contributed by atoms with Crippen LogP contribution in [0.15, 0.2) is 35.1 Å². The molecule has 0 radical (unpaired) electrons. The van der Waals surface area contributed by atoms with E-state index in [2.05, 4.69) is 10.6 Å². The Bertz CT molecular complexity index is 780. The molecule has 0 fully saturated rings. The van der Waals surface area contributed by atoms with Crippen LogP contribution in [0.4, 0.5) is 0 Å². The Morgan fingerprint density at radius 3 is 2.57 bits per heavy atom. The predicted molar refractivity (Wildman–Crippen MR) is 89.3 cm³/mol. The maximum atomic E-state index is 12.3. The normalized spacial score (nSPS) is 10.5. The van der Waals surface area contributed by atoms with E-state index in [1.165, 1.54) is 6.92 Å². The van der Waals surface area contributed by atoms with Gasteiger partial charge in [-0.1, -0.05) is 18.2 Å². The van der Waals surface area contributed by atoms with Crippen molar-refractivity contribution in [3.8, 4) is 0 Å². The van der Waals surface area contributed by atoms with E-state index in [1.807, 2.05) is 30.3 Å². The lowest BCUT2D eigenvalue weighted by Gasteiger charge is -2.12. The minimum Gasteiger partial charge on any atom is -0.355 e. The molecule has 0 bridgehead atoms. The van der Waals surface area contributed by atoms with Gasteiger partial charge in [0.1, 0.15) is 0 Å². The highest BCUT2D eigenvalue weighted by Gasteiger charge is 2.08. The van der Waals surface area contributed by atoms with E-state index in [9.17, 15) is 14.4 Å². The molecule has 2 N–H and O–H groups in total. The van der Waals surface area contributed by atoms with Crippen LogP contribution in [0.3, 0.4) is 0 Å². The van der Waals surface area contributed by atoms with Gasteiger partial charge in [-0.2, -0.15) is 0 Å². The van der Waals surface area contributed by atoms with Crippen molar-refractivity contribution >= 4 is 22.7 Å². The molecular formula is C17H21N3O3. The van der Waals surface area contributed by atoms with E-state index in [1.54, 1.807) is 11.5 Å². The molecule has 6 heteroatoms. The summed E-state index contributed by atoms with van der Waals surface area (Å²) in [6.07, 6.45) is 0.216. The van der Waals surface area contributed by atoms with Gasteiger partial charge < -0.3 is 15.2 Å². The predicted octanol–water partition coefficient (Wildman–Crippen LogP) is 0.952. The number of aryl methyl sites for hydroxylation is 2. The molecule has 6 nitrogen and oxygen atoms in total. The third kappa shape index (κ3) is 4.42. The van der Waals surface area contributed by atoms with E-state index in [0.29, 0.717) is 25.2 Å². The summed E-state index contributed by atoms with van der Waals surface area (Å²) in [5.74, 6) is -0.273. The van der Waals surface area contributed by atoms with Crippen molar-refractivity contribution in [1.29, 1.82) is 0 Å². The third-order valence-corrected chi connectivity index (χ3v) is 3.57. The molecule has 0 aliphatic heterocycles. The fourth-order valence-corrected chi connectivity index (χ4v) is 2.44. The van der Waals surface area contributed by atoms with Gasteiger partial charge in [0.05, 0.1) is 5.52 Å². The first-order chi connectivity index (χ1) is 11.0. The topological polar surface area (TPSA) is 80.2 Å². The summed E-state index contributed by atoms with van der Waals surface area (Å²) in [7, 11) is 0. The van der Waals surface area contributed by atoms with Crippen LogP contribution in [0, 0.1) is 6.92 Å². The molecule has 2 rings (SSSR count). The number of nitrogens with one attached hydrogen (secondary N) is 2. The third-order valence-electron chi connectivity index (χ3n) is 3.57. The monoisotopic (exact) mass is 315 g/mol. The number of rotatable bonds is 6. The zero-order valence-electron chi connectivity index (χ0n) is 13.4. The van der Waals surface area contributed by atoms with Gasteiger partial charge >= 0.3 is 0 Å². The number of nitrogens with zero attached hydrogens (tertiary/aromatic N) is 1. The number of aromatic nitrogens is 1. The van der Waals surface area contributed by atoms with E-state index < -0.39 is 0 Å². The molecule has 122 valence electrons. The molecule has 0 aliphatic rings. The van der Waals surface area contributed by atoms with Crippen molar-refractivity contribution < 1.29 is 9.59 Å². The van der Waals surface area contributed by atoms with Crippen LogP contribution < -0.4 is 16.2 Å². The SMILES string of the molecule is CC(=O)NCCNC(=O)CCn1c(=O)c(C)cc2ccccc21. The smallest absolute Gasteiger partial charge is 0.253 e. The molecule has 2 aromatic rings. The van der Waals surface area contributed by atoms with Crippen LogP contribution in [0.2, 0.25) is 0 Å². The number of para-hydroxylation sites is 1. The molecule has 0 aliphatic carbocycles. The Kier molecular flexibility index (Phi) is 5.51. The van der Waals surface area contributed by atoms with Gasteiger partial charge in [-0.3, -0.25) is 14.4 Å². The number of fused-ring (bicyclic) bond motifs is 1. The number of hydrogen-bond acceptors (Lipinski definition) is 3. The lowest BCUT2D eigenvalue weighted by atomic mass is 10.1. The quantitative estimate of drug-likeness (QED) is 0.779. The van der Waals surface area contributed by atoms with Gasteiger partial charge in [0.25, 0.3) is 5.56 Å².